The summed E-state index contributed by atoms with van der Waals surface area (Å²) in [4.78, 5) is 29.6. The number of ether oxygens (including phenoxy) is 2. The van der Waals surface area contributed by atoms with Crippen LogP contribution in [0.25, 0.3) is 10.9 Å². The summed E-state index contributed by atoms with van der Waals surface area (Å²) >= 11 is 6.21. The third kappa shape index (κ3) is 5.41. The van der Waals surface area contributed by atoms with Gasteiger partial charge in [-0.2, -0.15) is 0 Å². The Balaban J connectivity index is 1.57. The van der Waals surface area contributed by atoms with Crippen LogP contribution < -0.4 is 20.1 Å². The van der Waals surface area contributed by atoms with Crippen LogP contribution in [0.4, 0.5) is 0 Å². The first kappa shape index (κ1) is 24.2. The Morgan fingerprint density at radius 3 is 2.49 bits per heavy atom. The van der Waals surface area contributed by atoms with Crippen LogP contribution in [0.5, 0.6) is 11.5 Å². The summed E-state index contributed by atoms with van der Waals surface area (Å²) in [6.45, 7) is 0.200. The number of hydrogen-bond donors (Lipinski definition) is 3. The van der Waals surface area contributed by atoms with E-state index in [2.05, 4.69) is 15.6 Å². The molecular weight excluding hydrogens is 466 g/mol. The number of carbonyl (C=O) groups is 2. The fraction of sp³-hybridized carbons (Fsp3) is 0.185. The predicted octanol–water partition coefficient (Wildman–Crippen LogP) is 4.50. The number of H-pyrrole nitrogens is 1. The van der Waals surface area contributed by atoms with Gasteiger partial charge in [-0.25, -0.2) is 0 Å². The lowest BCUT2D eigenvalue weighted by Crippen LogP contribution is -2.47. The minimum absolute atomic E-state index is 0.200. The van der Waals surface area contributed by atoms with Gasteiger partial charge >= 0.3 is 0 Å². The second-order valence-electron chi connectivity index (χ2n) is 7.94. The van der Waals surface area contributed by atoms with E-state index < -0.39 is 11.9 Å². The van der Waals surface area contributed by atoms with E-state index in [0.29, 0.717) is 28.5 Å². The zero-order chi connectivity index (χ0) is 24.8. The van der Waals surface area contributed by atoms with Crippen LogP contribution in [-0.2, 0) is 17.8 Å². The van der Waals surface area contributed by atoms with Crippen LogP contribution in [0.1, 0.15) is 21.5 Å². The number of fused-ring (bicyclic) bond motifs is 1. The molecule has 2 amide bonds. The van der Waals surface area contributed by atoms with E-state index >= 15 is 0 Å². The molecule has 3 aromatic carbocycles. The van der Waals surface area contributed by atoms with Crippen LogP contribution in [0, 0.1) is 0 Å². The fourth-order valence-electron chi connectivity index (χ4n) is 4.01. The maximum Gasteiger partial charge on any atom is 0.253 e. The molecular formula is C27H26ClN3O4. The van der Waals surface area contributed by atoms with Crippen LogP contribution in [-0.4, -0.2) is 37.1 Å². The SMILES string of the molecule is COc1cccc(CNC(=O)C(Cc2c[nH]c3ccccc23)NC(=O)c2ccccc2Cl)c1OC. The van der Waals surface area contributed by atoms with Crippen molar-refractivity contribution < 1.29 is 19.1 Å². The Kier molecular flexibility index (Phi) is 7.57. The first-order valence-electron chi connectivity index (χ1n) is 11.1. The van der Waals surface area contributed by atoms with E-state index in [4.69, 9.17) is 21.1 Å². The van der Waals surface area contributed by atoms with Crippen molar-refractivity contribution in [3.05, 3.63) is 94.6 Å². The predicted molar refractivity (Wildman–Crippen MR) is 136 cm³/mol. The Morgan fingerprint density at radius 1 is 0.943 bits per heavy atom. The van der Waals surface area contributed by atoms with Gasteiger partial charge in [-0.15, -0.1) is 0 Å². The monoisotopic (exact) mass is 491 g/mol. The molecule has 1 unspecified atom stereocenters. The molecule has 35 heavy (non-hydrogen) atoms. The number of halogens is 1. The van der Waals surface area contributed by atoms with Gasteiger partial charge in [0, 0.05) is 35.6 Å². The zero-order valence-corrected chi connectivity index (χ0v) is 20.2. The molecule has 0 radical (unpaired) electrons. The largest absolute Gasteiger partial charge is 0.493 e. The van der Waals surface area contributed by atoms with Gasteiger partial charge in [0.2, 0.25) is 5.91 Å². The third-order valence-corrected chi connectivity index (χ3v) is 6.11. The normalized spacial score (nSPS) is 11.6. The first-order chi connectivity index (χ1) is 17.0. The molecule has 0 aliphatic carbocycles. The fourth-order valence-corrected chi connectivity index (χ4v) is 4.23. The summed E-state index contributed by atoms with van der Waals surface area (Å²) in [5.41, 5.74) is 2.93. The molecule has 0 bridgehead atoms. The highest BCUT2D eigenvalue weighted by Crippen LogP contribution is 2.30. The van der Waals surface area contributed by atoms with E-state index in [-0.39, 0.29) is 12.5 Å². The Labute approximate surface area is 208 Å². The second kappa shape index (κ2) is 11.0. The van der Waals surface area contributed by atoms with Crippen molar-refractivity contribution in [1.29, 1.82) is 0 Å². The Hall–Kier alpha value is -3.97. The van der Waals surface area contributed by atoms with Gasteiger partial charge in [-0.05, 0) is 29.8 Å². The second-order valence-corrected chi connectivity index (χ2v) is 8.35. The van der Waals surface area contributed by atoms with E-state index in [1.54, 1.807) is 44.6 Å². The molecule has 0 aliphatic heterocycles. The molecule has 1 aromatic heterocycles. The number of hydrogen-bond acceptors (Lipinski definition) is 4. The molecule has 0 saturated heterocycles. The molecule has 0 aliphatic rings. The lowest BCUT2D eigenvalue weighted by atomic mass is 10.0. The summed E-state index contributed by atoms with van der Waals surface area (Å²) < 4.78 is 10.8. The number of para-hydroxylation sites is 2. The molecule has 1 atom stereocenters. The first-order valence-corrected chi connectivity index (χ1v) is 11.5. The standard InChI is InChI=1S/C27H26ClN3O4/c1-34-24-13-7-8-17(25(24)35-2)15-30-27(33)23(31-26(32)20-10-3-5-11-21(20)28)14-18-16-29-22-12-6-4-9-19(18)22/h3-13,16,23,29H,14-15H2,1-2H3,(H,30,33)(H,31,32). The van der Waals surface area contributed by atoms with Gasteiger partial charge in [0.15, 0.2) is 11.5 Å². The van der Waals surface area contributed by atoms with Gasteiger partial charge in [0.1, 0.15) is 6.04 Å². The minimum Gasteiger partial charge on any atom is -0.493 e. The minimum atomic E-state index is -0.838. The number of carbonyl (C=O) groups excluding carboxylic acids is 2. The number of rotatable bonds is 9. The van der Waals surface area contributed by atoms with Crippen LogP contribution >= 0.6 is 11.6 Å². The topological polar surface area (TPSA) is 92.5 Å². The number of amides is 2. The van der Waals surface area contributed by atoms with Gasteiger partial charge in [0.05, 0.1) is 24.8 Å². The van der Waals surface area contributed by atoms with Gasteiger partial charge in [0.25, 0.3) is 5.91 Å². The molecule has 1 heterocycles. The van der Waals surface area contributed by atoms with Crippen LogP contribution in [0.15, 0.2) is 72.9 Å². The van der Waals surface area contributed by atoms with Crippen molar-refractivity contribution in [2.24, 2.45) is 0 Å². The van der Waals surface area contributed by atoms with Crippen molar-refractivity contribution in [3.8, 4) is 11.5 Å². The molecule has 0 fully saturated rings. The average Bonchev–Trinajstić information content (AvgIpc) is 3.29. The molecule has 4 aromatic rings. The van der Waals surface area contributed by atoms with Crippen molar-refractivity contribution >= 4 is 34.3 Å². The van der Waals surface area contributed by atoms with Crippen LogP contribution in [0.3, 0.4) is 0 Å². The lowest BCUT2D eigenvalue weighted by Gasteiger charge is -2.20. The number of nitrogens with one attached hydrogen (secondary N) is 3. The van der Waals surface area contributed by atoms with Crippen molar-refractivity contribution in [1.82, 2.24) is 15.6 Å². The van der Waals surface area contributed by atoms with Gasteiger partial charge in [-0.3, -0.25) is 9.59 Å². The quantitative estimate of drug-likeness (QED) is 0.321. The maximum absolute atomic E-state index is 13.3. The molecule has 180 valence electrons. The number of methoxy groups -OCH3 is 2. The number of aromatic amines is 1. The summed E-state index contributed by atoms with van der Waals surface area (Å²) in [5.74, 6) is 0.361. The van der Waals surface area contributed by atoms with Crippen LogP contribution in [0.2, 0.25) is 5.02 Å². The molecule has 3 N–H and O–H groups in total. The highest BCUT2D eigenvalue weighted by atomic mass is 35.5. The van der Waals surface area contributed by atoms with Crippen molar-refractivity contribution in [3.63, 3.8) is 0 Å². The van der Waals surface area contributed by atoms with Gasteiger partial charge < -0.3 is 25.1 Å². The van der Waals surface area contributed by atoms with E-state index in [1.165, 1.54) is 0 Å². The molecule has 0 saturated carbocycles. The summed E-state index contributed by atoms with van der Waals surface area (Å²) in [5, 5.41) is 7.09. The lowest BCUT2D eigenvalue weighted by molar-refractivity contribution is -0.123. The molecule has 7 nitrogen and oxygen atoms in total. The van der Waals surface area contributed by atoms with Crippen molar-refractivity contribution in [2.45, 2.75) is 19.0 Å². The highest BCUT2D eigenvalue weighted by molar-refractivity contribution is 6.33. The summed E-state index contributed by atoms with van der Waals surface area (Å²) in [6, 6.07) is 19.2. The third-order valence-electron chi connectivity index (χ3n) is 5.78. The molecule has 0 spiro atoms. The number of benzene rings is 3. The number of aromatic nitrogens is 1. The average molecular weight is 492 g/mol. The van der Waals surface area contributed by atoms with Crippen molar-refractivity contribution in [2.75, 3.05) is 14.2 Å². The Bertz CT molecular complexity index is 1350. The van der Waals surface area contributed by atoms with Gasteiger partial charge in [-0.1, -0.05) is 54.1 Å². The van der Waals surface area contributed by atoms with E-state index in [0.717, 1.165) is 22.0 Å². The molecule has 8 heteroatoms. The summed E-state index contributed by atoms with van der Waals surface area (Å²) in [7, 11) is 3.11. The highest BCUT2D eigenvalue weighted by Gasteiger charge is 2.24. The smallest absolute Gasteiger partial charge is 0.253 e. The van der Waals surface area contributed by atoms with E-state index in [1.807, 2.05) is 42.6 Å². The zero-order valence-electron chi connectivity index (χ0n) is 19.4. The maximum atomic E-state index is 13.3. The van der Waals surface area contributed by atoms with E-state index in [9.17, 15) is 9.59 Å². The summed E-state index contributed by atoms with van der Waals surface area (Å²) in [6.07, 6.45) is 2.15. The molecule has 4 rings (SSSR count). The Morgan fingerprint density at radius 2 is 1.71 bits per heavy atom.